The lowest BCUT2D eigenvalue weighted by atomic mass is 10.5. The van der Waals surface area contributed by atoms with Gasteiger partial charge in [-0.2, -0.15) is 0 Å². The number of likely N-dealkylation sites (N-methyl/N-ethyl adjacent to an activating group) is 1. The van der Waals surface area contributed by atoms with E-state index in [9.17, 15) is 4.79 Å². The second-order valence-corrected chi connectivity index (χ2v) is 3.93. The lowest BCUT2D eigenvalue weighted by Gasteiger charge is -2.02. The molecule has 0 aromatic heterocycles. The van der Waals surface area contributed by atoms with E-state index in [1.165, 1.54) is 0 Å². The molecule has 0 saturated carbocycles. The smallest absolute Gasteiger partial charge is 0.208 e. The molecule has 0 N–H and O–H groups in total. The fraction of sp³-hybridized carbons (Fsp3) is 0.429. The third-order valence-electron chi connectivity index (χ3n) is 0.851. The highest BCUT2D eigenvalue weighted by Crippen LogP contribution is 1.94. The topological polar surface area (TPSA) is 20.3 Å². The summed E-state index contributed by atoms with van der Waals surface area (Å²) in [5, 5.41) is 0. The lowest BCUT2D eigenvalue weighted by molar-refractivity contribution is -0.105. The van der Waals surface area contributed by atoms with Crippen LogP contribution in [0.4, 0.5) is 0 Å². The van der Waals surface area contributed by atoms with Crippen molar-refractivity contribution in [3.63, 3.8) is 0 Å². The molecule has 3 heteroatoms. The number of hydrogen-bond donors (Lipinski definition) is 0. The maximum Gasteiger partial charge on any atom is 0.208 e. The van der Waals surface area contributed by atoms with Gasteiger partial charge in [-0.1, -0.05) is 10.6 Å². The van der Waals surface area contributed by atoms with Gasteiger partial charge < -0.3 is 4.90 Å². The minimum absolute atomic E-state index is 0.195. The maximum absolute atomic E-state index is 10.7. The van der Waals surface area contributed by atoms with Crippen molar-refractivity contribution < 1.29 is 4.79 Å². The van der Waals surface area contributed by atoms with Crippen LogP contribution in [0.15, 0.2) is 12.2 Å². The second-order valence-electron chi connectivity index (χ2n) is 2.10. The average Bonchev–Trinajstić information content (AvgIpc) is 1.87. The summed E-state index contributed by atoms with van der Waals surface area (Å²) < 4.78 is 3.77. The van der Waals surface area contributed by atoms with Crippen molar-refractivity contribution in [1.29, 1.82) is 0 Å². The van der Waals surface area contributed by atoms with Crippen molar-refractivity contribution in [3.8, 4) is 0 Å². The summed E-state index contributed by atoms with van der Waals surface area (Å²) in [6.45, 7) is 0.829. The molecule has 0 aromatic rings. The van der Waals surface area contributed by atoms with Crippen LogP contribution < -0.4 is 0 Å². The Morgan fingerprint density at radius 3 is 2.70 bits per heavy atom. The summed E-state index contributed by atoms with van der Waals surface area (Å²) in [4.78, 5) is 12.7. The molecule has 0 aliphatic carbocycles. The van der Waals surface area contributed by atoms with Crippen molar-refractivity contribution in [3.05, 3.63) is 12.2 Å². The SMILES string of the molecule is C=IC(=O)/C=C/CN(C)C. The summed E-state index contributed by atoms with van der Waals surface area (Å²) in [5.41, 5.74) is 0. The number of allylic oxidation sites excluding steroid dienone is 1. The molecule has 0 saturated heterocycles. The standard InChI is InChI=1S/C7H12INO/c1-8-7(10)5-4-6-9(2)3/h4-5H,1,6H2,2-3H3/b5-4+. The molecule has 0 spiro atoms. The van der Waals surface area contributed by atoms with Crippen LogP contribution in [0.1, 0.15) is 0 Å². The van der Waals surface area contributed by atoms with Crippen LogP contribution in [0.2, 0.25) is 0 Å². The van der Waals surface area contributed by atoms with Crippen molar-refractivity contribution in [2.45, 2.75) is 0 Å². The van der Waals surface area contributed by atoms with Crippen LogP contribution in [0.5, 0.6) is 0 Å². The normalized spacial score (nSPS) is 11.1. The number of hydrogen-bond acceptors (Lipinski definition) is 2. The van der Waals surface area contributed by atoms with E-state index < -0.39 is 20.7 Å². The van der Waals surface area contributed by atoms with Gasteiger partial charge in [0, 0.05) is 6.54 Å². The predicted octanol–water partition coefficient (Wildman–Crippen LogP) is 1.03. The molecule has 0 aromatic carbocycles. The Hall–Kier alpha value is -0.0300. The Balaban J connectivity index is 3.55. The molecule has 2 nitrogen and oxygen atoms in total. The quantitative estimate of drug-likeness (QED) is 0.424. The maximum atomic E-state index is 10.7. The molecular weight excluding hydrogens is 241 g/mol. The molecule has 0 radical (unpaired) electrons. The summed E-state index contributed by atoms with van der Waals surface area (Å²) in [6.07, 6.45) is 3.49. The molecule has 0 amide bonds. The highest BCUT2D eigenvalue weighted by atomic mass is 127. The van der Waals surface area contributed by atoms with Crippen LogP contribution in [-0.4, -0.2) is 33.8 Å². The fourth-order valence-corrected chi connectivity index (χ4v) is 0.909. The number of rotatable bonds is 4. The summed E-state index contributed by atoms with van der Waals surface area (Å²) in [5.74, 6) is 0. The third-order valence-corrected chi connectivity index (χ3v) is 1.96. The van der Waals surface area contributed by atoms with Crippen molar-refractivity contribution in [2.24, 2.45) is 0 Å². The van der Waals surface area contributed by atoms with Gasteiger partial charge in [-0.15, -0.1) is 0 Å². The van der Waals surface area contributed by atoms with E-state index in [1.54, 1.807) is 6.08 Å². The van der Waals surface area contributed by atoms with Gasteiger partial charge in [0.25, 0.3) is 0 Å². The average molecular weight is 253 g/mol. The number of carbonyl (C=O) groups is 1. The van der Waals surface area contributed by atoms with E-state index in [0.717, 1.165) is 6.54 Å². The first-order valence-electron chi connectivity index (χ1n) is 2.90. The molecule has 0 unspecified atom stereocenters. The summed E-state index contributed by atoms with van der Waals surface area (Å²) >= 11 is -0.482. The summed E-state index contributed by atoms with van der Waals surface area (Å²) in [7, 11) is 3.93. The van der Waals surface area contributed by atoms with Gasteiger partial charge in [-0.25, -0.2) is 0 Å². The minimum Gasteiger partial charge on any atom is -0.306 e. The molecule has 0 heterocycles. The van der Waals surface area contributed by atoms with Gasteiger partial charge in [-0.3, -0.25) is 4.79 Å². The first-order valence-corrected chi connectivity index (χ1v) is 5.51. The van der Waals surface area contributed by atoms with Crippen LogP contribution in [-0.2, 0) is 4.79 Å². The lowest BCUT2D eigenvalue weighted by Crippen LogP contribution is -2.10. The Kier molecular flexibility index (Phi) is 5.71. The van der Waals surface area contributed by atoms with Gasteiger partial charge in [0.2, 0.25) is 3.79 Å². The first-order chi connectivity index (χ1) is 4.66. The fourth-order valence-electron chi connectivity index (χ4n) is 0.401. The van der Waals surface area contributed by atoms with Crippen LogP contribution >= 0.6 is 20.7 Å². The van der Waals surface area contributed by atoms with E-state index in [4.69, 9.17) is 0 Å². The monoisotopic (exact) mass is 253 g/mol. The van der Waals surface area contributed by atoms with Gasteiger partial charge in [0.1, 0.15) is 0 Å². The van der Waals surface area contributed by atoms with Crippen molar-refractivity contribution >= 4 is 29.0 Å². The second kappa shape index (κ2) is 5.73. The molecular formula is C7H12INO. The Morgan fingerprint density at radius 1 is 1.70 bits per heavy atom. The van der Waals surface area contributed by atoms with Gasteiger partial charge >= 0.3 is 0 Å². The molecule has 0 atom stereocenters. The van der Waals surface area contributed by atoms with E-state index in [-0.39, 0.29) is 3.79 Å². The molecule has 0 fully saturated rings. The molecule has 0 bridgehead atoms. The van der Waals surface area contributed by atoms with E-state index >= 15 is 0 Å². The molecule has 58 valence electrons. The predicted molar refractivity (Wildman–Crippen MR) is 53.8 cm³/mol. The molecule has 0 rings (SSSR count). The van der Waals surface area contributed by atoms with Crippen LogP contribution in [0, 0.1) is 0 Å². The highest BCUT2D eigenvalue weighted by Gasteiger charge is 1.86. The number of halogens is 1. The van der Waals surface area contributed by atoms with E-state index in [0.29, 0.717) is 0 Å². The van der Waals surface area contributed by atoms with E-state index in [2.05, 4.69) is 4.51 Å². The zero-order valence-electron chi connectivity index (χ0n) is 6.30. The van der Waals surface area contributed by atoms with E-state index in [1.807, 2.05) is 25.1 Å². The zero-order valence-corrected chi connectivity index (χ0v) is 8.46. The Morgan fingerprint density at radius 2 is 2.30 bits per heavy atom. The largest absolute Gasteiger partial charge is 0.306 e. The molecule has 10 heavy (non-hydrogen) atoms. The van der Waals surface area contributed by atoms with Crippen LogP contribution in [0.25, 0.3) is 0 Å². The molecule has 0 aliphatic rings. The van der Waals surface area contributed by atoms with Gasteiger partial charge in [0.15, 0.2) is 0 Å². The Labute approximate surface area is 71.7 Å². The zero-order chi connectivity index (χ0) is 7.98. The number of carbonyl (C=O) groups excluding carboxylic acids is 1. The van der Waals surface area contributed by atoms with Crippen molar-refractivity contribution in [1.82, 2.24) is 4.90 Å². The molecule has 0 aliphatic heterocycles. The Bertz CT molecular complexity index is 152. The number of nitrogens with zero attached hydrogens (tertiary/aromatic N) is 1. The highest BCUT2D eigenvalue weighted by molar-refractivity contribution is 14.2. The van der Waals surface area contributed by atoms with Crippen LogP contribution in [0.3, 0.4) is 0 Å². The third kappa shape index (κ3) is 6.10. The summed E-state index contributed by atoms with van der Waals surface area (Å²) in [6, 6.07) is 0. The van der Waals surface area contributed by atoms with Crippen molar-refractivity contribution in [2.75, 3.05) is 20.6 Å². The van der Waals surface area contributed by atoms with Gasteiger partial charge in [0.05, 0.1) is 0 Å². The van der Waals surface area contributed by atoms with Gasteiger partial charge in [-0.05, 0) is 40.9 Å². The minimum atomic E-state index is -0.482. The first kappa shape index (κ1) is 9.97.